The summed E-state index contributed by atoms with van der Waals surface area (Å²) in [6.07, 6.45) is 0.521. The fourth-order valence-corrected chi connectivity index (χ4v) is 2.66. The molecule has 0 aliphatic carbocycles. The van der Waals surface area contributed by atoms with Gasteiger partial charge in [-0.25, -0.2) is 0 Å². The van der Waals surface area contributed by atoms with Crippen LogP contribution >= 0.6 is 0 Å². The molecular formula is C21H27NO2. The van der Waals surface area contributed by atoms with Crippen LogP contribution in [0.1, 0.15) is 41.8 Å². The first kappa shape index (κ1) is 18.2. The number of ether oxygens (including phenoxy) is 1. The van der Waals surface area contributed by atoms with Crippen molar-refractivity contribution in [2.45, 2.75) is 33.8 Å². The highest BCUT2D eigenvalue weighted by Gasteiger charge is 2.14. The van der Waals surface area contributed by atoms with Crippen molar-refractivity contribution in [3.63, 3.8) is 0 Å². The van der Waals surface area contributed by atoms with E-state index in [4.69, 9.17) is 4.74 Å². The second kappa shape index (κ2) is 9.24. The SMILES string of the molecule is CCN(CC)CCC(=O)c1cc(C)ccc1OCc1ccccc1. The predicted molar refractivity (Wildman–Crippen MR) is 98.7 cm³/mol. The van der Waals surface area contributed by atoms with Gasteiger partial charge in [0, 0.05) is 13.0 Å². The average Bonchev–Trinajstić information content (AvgIpc) is 2.62. The summed E-state index contributed by atoms with van der Waals surface area (Å²) in [5.74, 6) is 0.822. The number of rotatable bonds is 9. The lowest BCUT2D eigenvalue weighted by atomic mass is 10.0. The van der Waals surface area contributed by atoms with Crippen LogP contribution in [0.25, 0.3) is 0 Å². The summed E-state index contributed by atoms with van der Waals surface area (Å²) in [7, 11) is 0. The van der Waals surface area contributed by atoms with Gasteiger partial charge in [0.1, 0.15) is 12.4 Å². The molecule has 0 aliphatic heterocycles. The molecule has 3 heteroatoms. The number of Topliss-reactive ketones (excluding diaryl/α,β-unsaturated/α-hetero) is 1. The molecule has 24 heavy (non-hydrogen) atoms. The molecule has 0 N–H and O–H groups in total. The van der Waals surface area contributed by atoms with Crippen LogP contribution in [0.4, 0.5) is 0 Å². The van der Waals surface area contributed by atoms with Crippen LogP contribution in [0.3, 0.4) is 0 Å². The lowest BCUT2D eigenvalue weighted by molar-refractivity contribution is 0.0962. The third-order valence-corrected chi connectivity index (χ3v) is 4.22. The van der Waals surface area contributed by atoms with Crippen LogP contribution < -0.4 is 4.74 Å². The lowest BCUT2D eigenvalue weighted by Gasteiger charge is -2.18. The first-order valence-corrected chi connectivity index (χ1v) is 8.67. The number of ketones is 1. The molecule has 2 aromatic rings. The Bertz CT molecular complexity index is 648. The van der Waals surface area contributed by atoms with E-state index in [9.17, 15) is 4.79 Å². The van der Waals surface area contributed by atoms with Crippen LogP contribution in [0.5, 0.6) is 5.75 Å². The molecule has 0 saturated heterocycles. The maximum atomic E-state index is 12.7. The van der Waals surface area contributed by atoms with Crippen LogP contribution in [-0.4, -0.2) is 30.3 Å². The number of carbonyl (C=O) groups excluding carboxylic acids is 1. The van der Waals surface area contributed by atoms with Gasteiger partial charge < -0.3 is 9.64 Å². The molecule has 0 aliphatic rings. The number of nitrogens with zero attached hydrogens (tertiary/aromatic N) is 1. The fraction of sp³-hybridized carbons (Fsp3) is 0.381. The van der Waals surface area contributed by atoms with Crippen molar-refractivity contribution in [3.05, 3.63) is 65.2 Å². The number of hydrogen-bond acceptors (Lipinski definition) is 3. The molecule has 0 spiro atoms. The molecule has 0 amide bonds. The Kier molecular flexibility index (Phi) is 7.01. The molecule has 0 heterocycles. The molecule has 0 saturated carbocycles. The normalized spacial score (nSPS) is 10.8. The molecular weight excluding hydrogens is 298 g/mol. The predicted octanol–water partition coefficient (Wildman–Crippen LogP) is 4.49. The van der Waals surface area contributed by atoms with Gasteiger partial charge in [-0.2, -0.15) is 0 Å². The highest BCUT2D eigenvalue weighted by molar-refractivity contribution is 5.99. The summed E-state index contributed by atoms with van der Waals surface area (Å²) in [6.45, 7) is 9.44. The van der Waals surface area contributed by atoms with E-state index in [1.165, 1.54) is 0 Å². The van der Waals surface area contributed by atoms with Crippen molar-refractivity contribution in [1.29, 1.82) is 0 Å². The van der Waals surface area contributed by atoms with Crippen molar-refractivity contribution in [2.75, 3.05) is 19.6 Å². The van der Waals surface area contributed by atoms with E-state index in [-0.39, 0.29) is 5.78 Å². The zero-order chi connectivity index (χ0) is 17.4. The molecule has 2 aromatic carbocycles. The van der Waals surface area contributed by atoms with E-state index in [1.54, 1.807) is 0 Å². The van der Waals surface area contributed by atoms with E-state index in [2.05, 4.69) is 18.7 Å². The number of carbonyl (C=O) groups is 1. The summed E-state index contributed by atoms with van der Waals surface area (Å²) in [5.41, 5.74) is 2.87. The highest BCUT2D eigenvalue weighted by Crippen LogP contribution is 2.23. The summed E-state index contributed by atoms with van der Waals surface area (Å²) >= 11 is 0. The van der Waals surface area contributed by atoms with Crippen molar-refractivity contribution >= 4 is 5.78 Å². The largest absolute Gasteiger partial charge is 0.488 e. The third-order valence-electron chi connectivity index (χ3n) is 4.22. The second-order valence-corrected chi connectivity index (χ2v) is 5.97. The van der Waals surface area contributed by atoms with Crippen molar-refractivity contribution < 1.29 is 9.53 Å². The number of benzene rings is 2. The molecule has 0 radical (unpaired) electrons. The van der Waals surface area contributed by atoms with E-state index in [0.717, 1.165) is 30.8 Å². The molecule has 128 valence electrons. The summed E-state index contributed by atoms with van der Waals surface area (Å²) in [5, 5.41) is 0. The first-order chi connectivity index (χ1) is 11.6. The highest BCUT2D eigenvalue weighted by atomic mass is 16.5. The van der Waals surface area contributed by atoms with Crippen molar-refractivity contribution in [2.24, 2.45) is 0 Å². The Morgan fingerprint density at radius 3 is 2.42 bits per heavy atom. The molecule has 0 fully saturated rings. The zero-order valence-corrected chi connectivity index (χ0v) is 14.9. The topological polar surface area (TPSA) is 29.5 Å². The third kappa shape index (κ3) is 5.20. The van der Waals surface area contributed by atoms with Crippen LogP contribution in [0.2, 0.25) is 0 Å². The number of hydrogen-bond donors (Lipinski definition) is 0. The van der Waals surface area contributed by atoms with E-state index in [1.807, 2.05) is 55.5 Å². The van der Waals surface area contributed by atoms with Gasteiger partial charge in [0.2, 0.25) is 0 Å². The van der Waals surface area contributed by atoms with Gasteiger partial charge in [-0.3, -0.25) is 4.79 Å². The standard InChI is InChI=1S/C21H27NO2/c1-4-22(5-2)14-13-20(23)19-15-17(3)11-12-21(19)24-16-18-9-7-6-8-10-18/h6-12,15H,4-5,13-14,16H2,1-3H3. The minimum absolute atomic E-state index is 0.147. The van der Waals surface area contributed by atoms with Gasteiger partial charge in [0.15, 0.2) is 5.78 Å². The van der Waals surface area contributed by atoms with Gasteiger partial charge in [-0.1, -0.05) is 55.8 Å². The maximum absolute atomic E-state index is 12.7. The minimum Gasteiger partial charge on any atom is -0.488 e. The van der Waals surface area contributed by atoms with Gasteiger partial charge in [0.05, 0.1) is 5.56 Å². The van der Waals surface area contributed by atoms with E-state index >= 15 is 0 Å². The zero-order valence-electron chi connectivity index (χ0n) is 14.9. The van der Waals surface area contributed by atoms with Gasteiger partial charge >= 0.3 is 0 Å². The molecule has 0 atom stereocenters. The molecule has 2 rings (SSSR count). The Morgan fingerprint density at radius 2 is 1.75 bits per heavy atom. The average molecular weight is 325 g/mol. The summed E-state index contributed by atoms with van der Waals surface area (Å²) < 4.78 is 5.92. The van der Waals surface area contributed by atoms with E-state index in [0.29, 0.717) is 24.3 Å². The monoisotopic (exact) mass is 325 g/mol. The number of aryl methyl sites for hydroxylation is 1. The molecule has 0 unspecified atom stereocenters. The smallest absolute Gasteiger partial charge is 0.167 e. The van der Waals surface area contributed by atoms with Crippen molar-refractivity contribution in [1.82, 2.24) is 4.90 Å². The lowest BCUT2D eigenvalue weighted by Crippen LogP contribution is -2.25. The Balaban J connectivity index is 2.07. The van der Waals surface area contributed by atoms with Gasteiger partial charge in [-0.15, -0.1) is 0 Å². The van der Waals surface area contributed by atoms with Crippen LogP contribution in [-0.2, 0) is 6.61 Å². The fourth-order valence-electron chi connectivity index (χ4n) is 2.66. The second-order valence-electron chi connectivity index (χ2n) is 5.97. The van der Waals surface area contributed by atoms with E-state index < -0.39 is 0 Å². The van der Waals surface area contributed by atoms with Crippen LogP contribution in [0.15, 0.2) is 48.5 Å². The quantitative estimate of drug-likeness (QED) is 0.636. The molecule has 0 bridgehead atoms. The van der Waals surface area contributed by atoms with Crippen LogP contribution in [0, 0.1) is 6.92 Å². The summed E-state index contributed by atoms with van der Waals surface area (Å²) in [4.78, 5) is 14.9. The Labute approximate surface area is 145 Å². The molecule has 3 nitrogen and oxygen atoms in total. The Morgan fingerprint density at radius 1 is 1.04 bits per heavy atom. The first-order valence-electron chi connectivity index (χ1n) is 8.67. The minimum atomic E-state index is 0.147. The molecule has 0 aromatic heterocycles. The van der Waals surface area contributed by atoms with Crippen molar-refractivity contribution in [3.8, 4) is 5.75 Å². The Hall–Kier alpha value is -2.13. The van der Waals surface area contributed by atoms with Gasteiger partial charge in [0.25, 0.3) is 0 Å². The van der Waals surface area contributed by atoms with Gasteiger partial charge in [-0.05, 0) is 37.7 Å². The summed E-state index contributed by atoms with van der Waals surface area (Å²) in [6, 6.07) is 15.8. The maximum Gasteiger partial charge on any atom is 0.167 e.